The first-order valence-corrected chi connectivity index (χ1v) is 12.0. The van der Waals surface area contributed by atoms with E-state index in [2.05, 4.69) is 42.3 Å². The monoisotopic (exact) mass is 462 g/mol. The number of fused-ring (bicyclic) bond motifs is 6. The van der Waals surface area contributed by atoms with Crippen molar-refractivity contribution < 1.29 is 14.3 Å². The average molecular weight is 463 g/mol. The van der Waals surface area contributed by atoms with Crippen LogP contribution in [0.25, 0.3) is 0 Å². The molecule has 0 radical (unpaired) electrons. The lowest BCUT2D eigenvalue weighted by molar-refractivity contribution is 0.0224. The molecule has 0 saturated heterocycles. The van der Waals surface area contributed by atoms with Crippen LogP contribution in [0.4, 0.5) is 17.1 Å². The summed E-state index contributed by atoms with van der Waals surface area (Å²) < 4.78 is 12.8. The number of hydrogen-bond acceptors (Lipinski definition) is 5. The molecule has 1 N–H and O–H groups in total. The van der Waals surface area contributed by atoms with Crippen molar-refractivity contribution in [3.8, 4) is 11.5 Å². The largest absolute Gasteiger partial charge is 0.456 e. The highest BCUT2D eigenvalue weighted by atomic mass is 16.6. The molecule has 1 unspecified atom stereocenters. The van der Waals surface area contributed by atoms with E-state index in [0.29, 0.717) is 17.1 Å². The smallest absolute Gasteiger partial charge is 0.340 e. The molecular formula is C30H26N2O3. The van der Waals surface area contributed by atoms with Crippen LogP contribution in [-0.4, -0.2) is 19.1 Å². The van der Waals surface area contributed by atoms with Gasteiger partial charge in [0.1, 0.15) is 11.5 Å². The van der Waals surface area contributed by atoms with Crippen molar-refractivity contribution in [2.45, 2.75) is 19.4 Å². The molecular weight excluding hydrogens is 436 g/mol. The molecule has 2 aliphatic heterocycles. The number of carbonyl (C=O) groups excluding carboxylic acids is 1. The van der Waals surface area contributed by atoms with E-state index in [1.54, 1.807) is 0 Å². The average Bonchev–Trinajstić information content (AvgIpc) is 3.18. The van der Waals surface area contributed by atoms with Crippen LogP contribution in [0.2, 0.25) is 0 Å². The third kappa shape index (κ3) is 3.19. The molecule has 4 aromatic carbocycles. The molecule has 0 fully saturated rings. The fourth-order valence-corrected chi connectivity index (χ4v) is 5.27. The molecule has 0 saturated carbocycles. The van der Waals surface area contributed by atoms with E-state index >= 15 is 0 Å². The minimum atomic E-state index is -1.05. The van der Waals surface area contributed by atoms with E-state index in [4.69, 9.17) is 9.47 Å². The fourth-order valence-electron chi connectivity index (χ4n) is 5.27. The van der Waals surface area contributed by atoms with Crippen LogP contribution >= 0.6 is 0 Å². The van der Waals surface area contributed by atoms with Crippen LogP contribution in [-0.2, 0) is 10.3 Å². The summed E-state index contributed by atoms with van der Waals surface area (Å²) in [5.74, 6) is 1.04. The standard InChI is InChI=1S/C30H26N2O3/c1-3-31-20-14-16-25-27(18-20)34-28-19-22(32(4-2)21-10-6-5-7-11-21)15-17-26(28)30(25)24-13-9-8-12-23(24)29(33)35-30/h5-19,31H,3-4H2,1-2H3. The molecule has 0 aliphatic carbocycles. The molecule has 1 atom stereocenters. The molecule has 1 spiro atoms. The van der Waals surface area contributed by atoms with Gasteiger partial charge in [0, 0.05) is 59.0 Å². The Hall–Kier alpha value is -4.25. The molecule has 2 heterocycles. The minimum absolute atomic E-state index is 0.321. The van der Waals surface area contributed by atoms with E-state index in [0.717, 1.165) is 46.8 Å². The molecule has 5 nitrogen and oxygen atoms in total. The number of carbonyl (C=O) groups is 1. The van der Waals surface area contributed by atoms with Gasteiger partial charge in [-0.15, -0.1) is 0 Å². The third-order valence-corrected chi connectivity index (χ3v) is 6.77. The van der Waals surface area contributed by atoms with Gasteiger partial charge in [-0.3, -0.25) is 0 Å². The number of nitrogens with zero attached hydrogens (tertiary/aromatic N) is 1. The van der Waals surface area contributed by atoms with Gasteiger partial charge in [-0.05, 0) is 56.3 Å². The number of para-hydroxylation sites is 1. The Morgan fingerprint density at radius 1 is 0.771 bits per heavy atom. The number of esters is 1. The SMILES string of the molecule is CCNc1ccc2c(c1)Oc1cc(N(CC)c3ccccc3)ccc1C21OC(=O)c2ccccc21. The van der Waals surface area contributed by atoms with Crippen molar-refractivity contribution in [1.29, 1.82) is 0 Å². The summed E-state index contributed by atoms with van der Waals surface area (Å²) in [4.78, 5) is 15.3. The van der Waals surface area contributed by atoms with E-state index in [9.17, 15) is 4.79 Å². The first-order valence-electron chi connectivity index (χ1n) is 12.0. The Morgan fingerprint density at radius 3 is 2.26 bits per heavy atom. The minimum Gasteiger partial charge on any atom is -0.456 e. The van der Waals surface area contributed by atoms with Gasteiger partial charge in [0.05, 0.1) is 5.56 Å². The van der Waals surface area contributed by atoms with E-state index in [1.807, 2.05) is 72.8 Å². The molecule has 0 aromatic heterocycles. The van der Waals surface area contributed by atoms with Gasteiger partial charge >= 0.3 is 5.97 Å². The summed E-state index contributed by atoms with van der Waals surface area (Å²) in [6.07, 6.45) is 0. The lowest BCUT2D eigenvalue weighted by Gasteiger charge is -2.37. The topological polar surface area (TPSA) is 50.8 Å². The second-order valence-corrected chi connectivity index (χ2v) is 8.72. The van der Waals surface area contributed by atoms with Gasteiger partial charge in [0.15, 0.2) is 5.60 Å². The molecule has 0 bridgehead atoms. The summed E-state index contributed by atoms with van der Waals surface area (Å²) >= 11 is 0. The lowest BCUT2D eigenvalue weighted by atomic mass is 9.77. The summed E-state index contributed by atoms with van der Waals surface area (Å²) in [5, 5.41) is 3.35. The van der Waals surface area contributed by atoms with Gasteiger partial charge in [-0.1, -0.05) is 36.4 Å². The van der Waals surface area contributed by atoms with Crippen molar-refractivity contribution >= 4 is 23.0 Å². The first kappa shape index (κ1) is 21.3. The highest BCUT2D eigenvalue weighted by Crippen LogP contribution is 2.57. The molecule has 2 aliphatic rings. The maximum absolute atomic E-state index is 13.1. The lowest BCUT2D eigenvalue weighted by Crippen LogP contribution is -2.33. The first-order chi connectivity index (χ1) is 17.2. The Balaban J connectivity index is 1.56. The molecule has 4 aromatic rings. The maximum atomic E-state index is 13.1. The van der Waals surface area contributed by atoms with E-state index < -0.39 is 5.60 Å². The van der Waals surface area contributed by atoms with Crippen LogP contribution in [0.15, 0.2) is 91.0 Å². The number of nitrogens with one attached hydrogen (secondary N) is 1. The highest BCUT2D eigenvalue weighted by molar-refractivity contribution is 5.97. The predicted octanol–water partition coefficient (Wildman–Crippen LogP) is 6.84. The number of anilines is 3. The zero-order valence-electron chi connectivity index (χ0n) is 19.7. The summed E-state index contributed by atoms with van der Waals surface area (Å²) in [5.41, 5.74) is 5.10. The normalized spacial score (nSPS) is 17.1. The van der Waals surface area contributed by atoms with Crippen molar-refractivity contribution in [3.63, 3.8) is 0 Å². The number of hydrogen-bond donors (Lipinski definition) is 1. The quantitative estimate of drug-likeness (QED) is 0.329. The molecule has 174 valence electrons. The Labute approximate surface area is 204 Å². The molecule has 6 rings (SSSR count). The van der Waals surface area contributed by atoms with Crippen molar-refractivity contribution in [2.24, 2.45) is 0 Å². The zero-order chi connectivity index (χ0) is 24.0. The number of ether oxygens (including phenoxy) is 2. The molecule has 0 amide bonds. The Morgan fingerprint density at radius 2 is 1.49 bits per heavy atom. The Kier molecular flexibility index (Phi) is 4.99. The maximum Gasteiger partial charge on any atom is 0.340 e. The number of benzene rings is 4. The van der Waals surface area contributed by atoms with Gasteiger partial charge < -0.3 is 19.7 Å². The fraction of sp³-hybridized carbons (Fsp3) is 0.167. The third-order valence-electron chi connectivity index (χ3n) is 6.77. The van der Waals surface area contributed by atoms with Crippen LogP contribution in [0.1, 0.15) is 40.9 Å². The van der Waals surface area contributed by atoms with Crippen LogP contribution in [0.5, 0.6) is 11.5 Å². The summed E-state index contributed by atoms with van der Waals surface area (Å²) in [6.45, 7) is 5.78. The predicted molar refractivity (Wildman–Crippen MR) is 138 cm³/mol. The van der Waals surface area contributed by atoms with Crippen LogP contribution < -0.4 is 15.0 Å². The van der Waals surface area contributed by atoms with Gasteiger partial charge in [0.25, 0.3) is 0 Å². The second-order valence-electron chi connectivity index (χ2n) is 8.72. The van der Waals surface area contributed by atoms with Gasteiger partial charge in [-0.2, -0.15) is 0 Å². The van der Waals surface area contributed by atoms with E-state index in [-0.39, 0.29) is 5.97 Å². The van der Waals surface area contributed by atoms with Crippen LogP contribution in [0, 0.1) is 0 Å². The van der Waals surface area contributed by atoms with Gasteiger partial charge in [0.2, 0.25) is 0 Å². The second kappa shape index (κ2) is 8.20. The van der Waals surface area contributed by atoms with Crippen molar-refractivity contribution in [2.75, 3.05) is 23.3 Å². The molecule has 5 heteroatoms. The summed E-state index contributed by atoms with van der Waals surface area (Å²) in [7, 11) is 0. The van der Waals surface area contributed by atoms with Crippen LogP contribution in [0.3, 0.4) is 0 Å². The van der Waals surface area contributed by atoms with Crippen molar-refractivity contribution in [1.82, 2.24) is 0 Å². The van der Waals surface area contributed by atoms with E-state index in [1.165, 1.54) is 0 Å². The van der Waals surface area contributed by atoms with Gasteiger partial charge in [-0.25, -0.2) is 4.79 Å². The zero-order valence-corrected chi connectivity index (χ0v) is 19.7. The highest BCUT2D eigenvalue weighted by Gasteiger charge is 2.53. The number of rotatable bonds is 5. The Bertz CT molecular complexity index is 1430. The summed E-state index contributed by atoms with van der Waals surface area (Å²) in [6, 6.07) is 30.1. The molecule has 35 heavy (non-hydrogen) atoms. The van der Waals surface area contributed by atoms with Crippen molar-refractivity contribution in [3.05, 3.63) is 113 Å².